The molecule has 2 heterocycles. The molecule has 20 heavy (non-hydrogen) atoms. The van der Waals surface area contributed by atoms with E-state index in [1.54, 1.807) is 11.8 Å². The van der Waals surface area contributed by atoms with E-state index in [0.29, 0.717) is 32.0 Å². The predicted molar refractivity (Wildman–Crippen MR) is 75.6 cm³/mol. The summed E-state index contributed by atoms with van der Waals surface area (Å²) < 4.78 is 0. The van der Waals surface area contributed by atoms with E-state index in [4.69, 9.17) is 0 Å². The fourth-order valence-electron chi connectivity index (χ4n) is 3.12. The van der Waals surface area contributed by atoms with Gasteiger partial charge in [-0.25, -0.2) is 4.79 Å². The zero-order valence-corrected chi connectivity index (χ0v) is 12.4. The Balaban J connectivity index is 1.81. The van der Waals surface area contributed by atoms with Crippen LogP contribution in [0.25, 0.3) is 0 Å². The monoisotopic (exact) mass is 283 g/mol. The molecular weight excluding hydrogens is 258 g/mol. The minimum absolute atomic E-state index is 0.119. The zero-order chi connectivity index (χ0) is 14.8. The molecule has 0 aliphatic carbocycles. The molecule has 2 fully saturated rings. The highest BCUT2D eigenvalue weighted by Gasteiger charge is 2.39. The smallest absolute Gasteiger partial charge is 0.317 e. The summed E-state index contributed by atoms with van der Waals surface area (Å²) in [5.41, 5.74) is -0.802. The van der Waals surface area contributed by atoms with Crippen LogP contribution in [-0.2, 0) is 4.79 Å². The van der Waals surface area contributed by atoms with Gasteiger partial charge >= 0.3 is 12.0 Å². The lowest BCUT2D eigenvalue weighted by molar-refractivity contribution is -0.150. The Hall–Kier alpha value is -1.30. The molecule has 2 rings (SSSR count). The molecule has 2 amide bonds. The highest BCUT2D eigenvalue weighted by Crippen LogP contribution is 2.29. The van der Waals surface area contributed by atoms with Gasteiger partial charge in [-0.3, -0.25) is 4.79 Å². The van der Waals surface area contributed by atoms with Crippen LogP contribution >= 0.6 is 0 Å². The van der Waals surface area contributed by atoms with Gasteiger partial charge in [-0.1, -0.05) is 0 Å². The van der Waals surface area contributed by atoms with Crippen molar-refractivity contribution in [3.63, 3.8) is 0 Å². The van der Waals surface area contributed by atoms with E-state index in [2.05, 4.69) is 17.3 Å². The van der Waals surface area contributed by atoms with Crippen LogP contribution in [0.5, 0.6) is 0 Å². The Morgan fingerprint density at radius 1 is 1.40 bits per heavy atom. The molecule has 0 radical (unpaired) electrons. The number of amides is 2. The minimum atomic E-state index is -0.813. The Labute approximate surface area is 120 Å². The van der Waals surface area contributed by atoms with Crippen LogP contribution in [0.2, 0.25) is 0 Å². The number of hydrogen-bond donors (Lipinski definition) is 2. The van der Waals surface area contributed by atoms with Gasteiger partial charge in [0.2, 0.25) is 0 Å². The molecule has 114 valence electrons. The van der Waals surface area contributed by atoms with E-state index in [0.717, 1.165) is 25.9 Å². The standard InChI is InChI=1S/C14H25N3O3/c1-14(12(18)19)5-3-6-17(10-14)13(20)15-8-11-4-7-16(2)9-11/h11H,3-10H2,1-2H3,(H,15,20)(H,18,19). The Morgan fingerprint density at radius 2 is 2.15 bits per heavy atom. The second-order valence-electron chi connectivity index (χ2n) is 6.49. The van der Waals surface area contributed by atoms with Crippen molar-refractivity contribution in [3.05, 3.63) is 0 Å². The lowest BCUT2D eigenvalue weighted by Gasteiger charge is -2.37. The summed E-state index contributed by atoms with van der Waals surface area (Å²) in [4.78, 5) is 27.4. The maximum Gasteiger partial charge on any atom is 0.317 e. The molecule has 6 nitrogen and oxygen atoms in total. The number of urea groups is 1. The molecule has 2 atom stereocenters. The average molecular weight is 283 g/mol. The number of carboxylic acid groups (broad SMARTS) is 1. The van der Waals surface area contributed by atoms with Crippen LogP contribution in [0.4, 0.5) is 4.79 Å². The number of carbonyl (C=O) groups excluding carboxylic acids is 1. The van der Waals surface area contributed by atoms with Crippen molar-refractivity contribution in [2.24, 2.45) is 11.3 Å². The van der Waals surface area contributed by atoms with Crippen molar-refractivity contribution >= 4 is 12.0 Å². The van der Waals surface area contributed by atoms with E-state index in [1.807, 2.05) is 0 Å². The van der Waals surface area contributed by atoms with E-state index in [-0.39, 0.29) is 6.03 Å². The molecule has 2 saturated heterocycles. The summed E-state index contributed by atoms with van der Waals surface area (Å²) in [6.07, 6.45) is 2.51. The Morgan fingerprint density at radius 3 is 2.75 bits per heavy atom. The second kappa shape index (κ2) is 5.99. The van der Waals surface area contributed by atoms with Gasteiger partial charge in [0.25, 0.3) is 0 Å². The number of carboxylic acids is 1. The average Bonchev–Trinajstić information content (AvgIpc) is 2.81. The van der Waals surface area contributed by atoms with Crippen LogP contribution in [0.3, 0.4) is 0 Å². The van der Waals surface area contributed by atoms with Crippen molar-refractivity contribution in [1.29, 1.82) is 0 Å². The van der Waals surface area contributed by atoms with Crippen molar-refractivity contribution in [2.45, 2.75) is 26.2 Å². The van der Waals surface area contributed by atoms with E-state index < -0.39 is 11.4 Å². The molecule has 2 unspecified atom stereocenters. The number of rotatable bonds is 3. The summed E-state index contributed by atoms with van der Waals surface area (Å²) in [5, 5.41) is 12.2. The third kappa shape index (κ3) is 3.42. The summed E-state index contributed by atoms with van der Waals surface area (Å²) in [5.74, 6) is -0.299. The van der Waals surface area contributed by atoms with Gasteiger partial charge in [0, 0.05) is 26.2 Å². The summed E-state index contributed by atoms with van der Waals surface area (Å²) in [7, 11) is 2.09. The highest BCUT2D eigenvalue weighted by atomic mass is 16.4. The number of likely N-dealkylation sites (tertiary alicyclic amines) is 2. The summed E-state index contributed by atoms with van der Waals surface area (Å²) in [6, 6.07) is -0.119. The largest absolute Gasteiger partial charge is 0.481 e. The van der Waals surface area contributed by atoms with Crippen molar-refractivity contribution in [3.8, 4) is 0 Å². The molecule has 2 N–H and O–H groups in total. The van der Waals surface area contributed by atoms with Gasteiger partial charge < -0.3 is 20.2 Å². The van der Waals surface area contributed by atoms with Crippen LogP contribution < -0.4 is 5.32 Å². The Kier molecular flexibility index (Phi) is 4.52. The number of nitrogens with one attached hydrogen (secondary N) is 1. The SMILES string of the molecule is CN1CCC(CNC(=O)N2CCCC(C)(C(=O)O)C2)C1. The van der Waals surface area contributed by atoms with E-state index >= 15 is 0 Å². The van der Waals surface area contributed by atoms with Crippen LogP contribution in [0.1, 0.15) is 26.2 Å². The first kappa shape index (κ1) is 15.1. The fraction of sp³-hybridized carbons (Fsp3) is 0.857. The van der Waals surface area contributed by atoms with Crippen LogP contribution in [-0.4, -0.2) is 66.7 Å². The van der Waals surface area contributed by atoms with Crippen LogP contribution in [0.15, 0.2) is 0 Å². The van der Waals surface area contributed by atoms with Gasteiger partial charge in [-0.15, -0.1) is 0 Å². The normalized spacial score (nSPS) is 31.3. The molecule has 2 aliphatic heterocycles. The van der Waals surface area contributed by atoms with Gasteiger partial charge in [0.1, 0.15) is 0 Å². The summed E-state index contributed by atoms with van der Waals surface area (Å²) in [6.45, 7) is 5.47. The molecule has 0 aromatic rings. The molecule has 6 heteroatoms. The molecule has 0 saturated carbocycles. The van der Waals surface area contributed by atoms with Gasteiger partial charge in [0.05, 0.1) is 5.41 Å². The van der Waals surface area contributed by atoms with E-state index in [1.165, 1.54) is 0 Å². The van der Waals surface area contributed by atoms with Crippen molar-refractivity contribution in [2.75, 3.05) is 39.8 Å². The zero-order valence-electron chi connectivity index (χ0n) is 12.4. The number of piperidine rings is 1. The summed E-state index contributed by atoms with van der Waals surface area (Å²) >= 11 is 0. The minimum Gasteiger partial charge on any atom is -0.481 e. The highest BCUT2D eigenvalue weighted by molar-refractivity contribution is 5.78. The fourth-order valence-corrected chi connectivity index (χ4v) is 3.12. The van der Waals surface area contributed by atoms with Gasteiger partial charge in [-0.2, -0.15) is 0 Å². The van der Waals surface area contributed by atoms with E-state index in [9.17, 15) is 14.7 Å². The molecule has 0 aromatic heterocycles. The third-order valence-electron chi connectivity index (χ3n) is 4.53. The van der Waals surface area contributed by atoms with Gasteiger partial charge in [0.15, 0.2) is 0 Å². The first-order valence-electron chi connectivity index (χ1n) is 7.35. The third-order valence-corrected chi connectivity index (χ3v) is 4.53. The quantitative estimate of drug-likeness (QED) is 0.805. The first-order valence-corrected chi connectivity index (χ1v) is 7.35. The molecule has 0 bridgehead atoms. The lowest BCUT2D eigenvalue weighted by atomic mass is 9.82. The molecule has 2 aliphatic rings. The molecule has 0 spiro atoms. The molecular formula is C14H25N3O3. The lowest BCUT2D eigenvalue weighted by Crippen LogP contribution is -2.52. The number of carbonyl (C=O) groups is 2. The van der Waals surface area contributed by atoms with Gasteiger partial charge in [-0.05, 0) is 45.7 Å². The first-order chi connectivity index (χ1) is 9.40. The number of aliphatic carboxylic acids is 1. The molecule has 0 aromatic carbocycles. The topological polar surface area (TPSA) is 72.9 Å². The second-order valence-corrected chi connectivity index (χ2v) is 6.49. The van der Waals surface area contributed by atoms with Crippen molar-refractivity contribution < 1.29 is 14.7 Å². The number of nitrogens with zero attached hydrogens (tertiary/aromatic N) is 2. The maximum atomic E-state index is 12.2. The van der Waals surface area contributed by atoms with Crippen LogP contribution in [0, 0.1) is 11.3 Å². The number of hydrogen-bond acceptors (Lipinski definition) is 3. The predicted octanol–water partition coefficient (Wildman–Crippen LogP) is 0.834. The van der Waals surface area contributed by atoms with Crippen molar-refractivity contribution in [1.82, 2.24) is 15.1 Å². The maximum absolute atomic E-state index is 12.2. The Bertz CT molecular complexity index is 388.